The number of hydrogen-bond donors (Lipinski definition) is 2. The number of hydrogen-bond acceptors (Lipinski definition) is 5. The third-order valence-corrected chi connectivity index (χ3v) is 7.54. The van der Waals surface area contributed by atoms with Gasteiger partial charge < -0.3 is 5.73 Å². The molecular formula is C15H24FN3O4S2. The first-order valence-corrected chi connectivity index (χ1v) is 11.2. The van der Waals surface area contributed by atoms with E-state index in [1.165, 1.54) is 17.3 Å². The van der Waals surface area contributed by atoms with E-state index in [1.54, 1.807) is 0 Å². The molecule has 1 aliphatic heterocycles. The van der Waals surface area contributed by atoms with Crippen molar-refractivity contribution in [3.8, 4) is 0 Å². The van der Waals surface area contributed by atoms with Gasteiger partial charge in [-0.1, -0.05) is 0 Å². The number of nitrogens with zero attached hydrogens (tertiary/aromatic N) is 1. The topological polar surface area (TPSA) is 110 Å². The first kappa shape index (κ1) is 20.1. The summed E-state index contributed by atoms with van der Waals surface area (Å²) in [6.45, 7) is 3.92. The average molecular weight is 394 g/mol. The molecule has 2 rings (SSSR count). The zero-order valence-corrected chi connectivity index (χ0v) is 15.9. The Labute approximate surface area is 148 Å². The lowest BCUT2D eigenvalue weighted by molar-refractivity contribution is 0.243. The maximum atomic E-state index is 14.2. The summed E-state index contributed by atoms with van der Waals surface area (Å²) < 4.78 is 66.1. The van der Waals surface area contributed by atoms with E-state index in [1.807, 2.05) is 6.92 Å². The quantitative estimate of drug-likeness (QED) is 0.758. The SMILES string of the molecule is CCS(=O)(=O)Nc1ccc(S(=O)(=O)N2CCCC(C(C)N)C2)cc1F. The van der Waals surface area contributed by atoms with E-state index in [2.05, 4.69) is 4.72 Å². The van der Waals surface area contributed by atoms with Crippen LogP contribution in [0.4, 0.5) is 10.1 Å². The van der Waals surface area contributed by atoms with Gasteiger partial charge in [-0.15, -0.1) is 0 Å². The van der Waals surface area contributed by atoms with E-state index in [4.69, 9.17) is 5.73 Å². The minimum absolute atomic E-state index is 0.0593. The van der Waals surface area contributed by atoms with Gasteiger partial charge in [0.15, 0.2) is 0 Å². The second kappa shape index (κ2) is 7.56. The van der Waals surface area contributed by atoms with Gasteiger partial charge in [0, 0.05) is 19.1 Å². The van der Waals surface area contributed by atoms with Gasteiger partial charge >= 0.3 is 0 Å². The number of rotatable bonds is 6. The molecule has 1 aliphatic rings. The van der Waals surface area contributed by atoms with Crippen molar-refractivity contribution in [2.24, 2.45) is 11.7 Å². The van der Waals surface area contributed by atoms with Gasteiger partial charge in [0.05, 0.1) is 16.3 Å². The van der Waals surface area contributed by atoms with Crippen molar-refractivity contribution in [3.63, 3.8) is 0 Å². The normalized spacial score (nSPS) is 21.0. The molecule has 2 atom stereocenters. The summed E-state index contributed by atoms with van der Waals surface area (Å²) >= 11 is 0. The van der Waals surface area contributed by atoms with Crippen LogP contribution in [-0.2, 0) is 20.0 Å². The van der Waals surface area contributed by atoms with Gasteiger partial charge in [-0.2, -0.15) is 4.31 Å². The predicted octanol–water partition coefficient (Wildman–Crippen LogP) is 1.34. The smallest absolute Gasteiger partial charge is 0.243 e. The summed E-state index contributed by atoms with van der Waals surface area (Å²) in [6.07, 6.45) is 1.55. The molecule has 7 nitrogen and oxygen atoms in total. The zero-order chi connectivity index (χ0) is 18.8. The van der Waals surface area contributed by atoms with Gasteiger partial charge in [-0.05, 0) is 50.8 Å². The molecule has 10 heteroatoms. The molecule has 0 bridgehead atoms. The molecule has 0 saturated carbocycles. The van der Waals surface area contributed by atoms with Crippen LogP contribution < -0.4 is 10.5 Å². The van der Waals surface area contributed by atoms with Crippen molar-refractivity contribution in [3.05, 3.63) is 24.0 Å². The number of benzene rings is 1. The van der Waals surface area contributed by atoms with Gasteiger partial charge in [-0.3, -0.25) is 4.72 Å². The largest absolute Gasteiger partial charge is 0.328 e. The molecule has 142 valence electrons. The monoisotopic (exact) mass is 393 g/mol. The highest BCUT2D eigenvalue weighted by atomic mass is 32.2. The second-order valence-electron chi connectivity index (χ2n) is 6.27. The summed E-state index contributed by atoms with van der Waals surface area (Å²) in [7, 11) is -7.50. The van der Waals surface area contributed by atoms with Crippen LogP contribution in [0.1, 0.15) is 26.7 Å². The Balaban J connectivity index is 2.27. The standard InChI is InChI=1S/C15H24FN3O4S2/c1-3-24(20,21)18-15-7-6-13(9-14(15)16)25(22,23)19-8-4-5-12(10-19)11(2)17/h6-7,9,11-12,18H,3-5,8,10,17H2,1-2H3. The van der Waals surface area contributed by atoms with Crippen LogP contribution in [-0.4, -0.2) is 46.0 Å². The molecule has 2 unspecified atom stereocenters. The van der Waals surface area contributed by atoms with E-state index >= 15 is 0 Å². The fraction of sp³-hybridized carbons (Fsp3) is 0.600. The molecule has 1 heterocycles. The van der Waals surface area contributed by atoms with Crippen molar-refractivity contribution in [1.29, 1.82) is 0 Å². The summed E-state index contributed by atoms with van der Waals surface area (Å²) in [5.41, 5.74) is 5.61. The minimum Gasteiger partial charge on any atom is -0.328 e. The number of nitrogens with one attached hydrogen (secondary N) is 1. The van der Waals surface area contributed by atoms with Crippen molar-refractivity contribution in [1.82, 2.24) is 4.31 Å². The van der Waals surface area contributed by atoms with Gasteiger partial charge in [-0.25, -0.2) is 21.2 Å². The third-order valence-electron chi connectivity index (χ3n) is 4.39. The molecule has 0 spiro atoms. The van der Waals surface area contributed by atoms with Crippen LogP contribution in [0.25, 0.3) is 0 Å². The van der Waals surface area contributed by atoms with E-state index in [0.29, 0.717) is 19.5 Å². The fourth-order valence-electron chi connectivity index (χ4n) is 2.75. The van der Waals surface area contributed by atoms with Gasteiger partial charge in [0.25, 0.3) is 0 Å². The minimum atomic E-state index is -3.86. The van der Waals surface area contributed by atoms with Gasteiger partial charge in [0.1, 0.15) is 5.82 Å². The lowest BCUT2D eigenvalue weighted by Crippen LogP contribution is -2.44. The van der Waals surface area contributed by atoms with Crippen LogP contribution in [0, 0.1) is 11.7 Å². The van der Waals surface area contributed by atoms with Crippen molar-refractivity contribution in [2.75, 3.05) is 23.6 Å². The molecule has 0 aromatic heterocycles. The lowest BCUT2D eigenvalue weighted by atomic mass is 9.93. The van der Waals surface area contributed by atoms with Crippen LogP contribution in [0.3, 0.4) is 0 Å². The van der Waals surface area contributed by atoms with E-state index in [0.717, 1.165) is 18.6 Å². The summed E-state index contributed by atoms with van der Waals surface area (Å²) in [5.74, 6) is -1.08. The van der Waals surface area contributed by atoms with Crippen LogP contribution in [0.15, 0.2) is 23.1 Å². The highest BCUT2D eigenvalue weighted by Crippen LogP contribution is 2.27. The molecule has 0 aliphatic carbocycles. The summed E-state index contributed by atoms with van der Waals surface area (Å²) in [4.78, 5) is -0.199. The van der Waals surface area contributed by atoms with Crippen LogP contribution in [0.5, 0.6) is 0 Å². The highest BCUT2D eigenvalue weighted by Gasteiger charge is 2.32. The number of halogens is 1. The predicted molar refractivity (Wildman–Crippen MR) is 94.6 cm³/mol. The Morgan fingerprint density at radius 2 is 2.04 bits per heavy atom. The summed E-state index contributed by atoms with van der Waals surface area (Å²) in [5, 5.41) is 0. The zero-order valence-electron chi connectivity index (χ0n) is 14.3. The number of piperidine rings is 1. The molecule has 0 amide bonds. The first-order valence-electron chi connectivity index (χ1n) is 8.12. The van der Waals surface area contributed by atoms with E-state index in [-0.39, 0.29) is 28.3 Å². The maximum absolute atomic E-state index is 14.2. The van der Waals surface area contributed by atoms with E-state index < -0.39 is 25.9 Å². The van der Waals surface area contributed by atoms with E-state index in [9.17, 15) is 21.2 Å². The molecule has 1 fully saturated rings. The van der Waals surface area contributed by atoms with Crippen molar-refractivity contribution >= 4 is 25.7 Å². The van der Waals surface area contributed by atoms with Crippen LogP contribution in [0.2, 0.25) is 0 Å². The molecular weight excluding hydrogens is 369 g/mol. The Hall–Kier alpha value is -1.23. The first-order chi connectivity index (χ1) is 11.6. The van der Waals surface area contributed by atoms with Gasteiger partial charge in [0.2, 0.25) is 20.0 Å². The van der Waals surface area contributed by atoms with Crippen molar-refractivity contribution in [2.45, 2.75) is 37.6 Å². The number of anilines is 1. The van der Waals surface area contributed by atoms with Crippen LogP contribution >= 0.6 is 0 Å². The molecule has 1 aromatic carbocycles. The highest BCUT2D eigenvalue weighted by molar-refractivity contribution is 7.92. The number of nitrogens with two attached hydrogens (primary N) is 1. The number of sulfonamides is 2. The molecule has 25 heavy (non-hydrogen) atoms. The Morgan fingerprint density at radius 1 is 1.36 bits per heavy atom. The fourth-order valence-corrected chi connectivity index (χ4v) is 4.94. The third kappa shape index (κ3) is 4.69. The molecule has 1 aromatic rings. The second-order valence-corrected chi connectivity index (χ2v) is 10.2. The Kier molecular flexibility index (Phi) is 6.08. The maximum Gasteiger partial charge on any atom is 0.243 e. The molecule has 3 N–H and O–H groups in total. The lowest BCUT2D eigenvalue weighted by Gasteiger charge is -2.33. The molecule has 0 radical (unpaired) electrons. The Bertz CT molecular complexity index is 825. The Morgan fingerprint density at radius 3 is 2.60 bits per heavy atom. The summed E-state index contributed by atoms with van der Waals surface area (Å²) in [6, 6.07) is 3.06. The average Bonchev–Trinajstić information content (AvgIpc) is 2.56. The van der Waals surface area contributed by atoms with Crippen molar-refractivity contribution < 1.29 is 21.2 Å². The molecule has 1 saturated heterocycles.